The summed E-state index contributed by atoms with van der Waals surface area (Å²) in [5.74, 6) is 0.684. The zero-order chi connectivity index (χ0) is 22.8. The van der Waals surface area contributed by atoms with Crippen LogP contribution in [0.5, 0.6) is 0 Å². The molecule has 0 spiro atoms. The molecular weight excluding hydrogens is 544 g/mol. The maximum Gasteiger partial charge on any atom is 0.411 e. The number of halogens is 4. The number of ether oxygens (including phenoxy) is 1. The van der Waals surface area contributed by atoms with E-state index in [-0.39, 0.29) is 30.6 Å². The normalized spacial score (nSPS) is 14.7. The van der Waals surface area contributed by atoms with Crippen LogP contribution in [0.1, 0.15) is 35.1 Å². The molecule has 2 aromatic carbocycles. The fraction of sp³-hybridized carbons (Fsp3) is 0.458. The molecule has 1 fully saturated rings. The van der Waals surface area contributed by atoms with Gasteiger partial charge in [0.05, 0.1) is 6.61 Å². The van der Waals surface area contributed by atoms with Crippen molar-refractivity contribution in [2.75, 3.05) is 26.7 Å². The predicted molar refractivity (Wildman–Crippen MR) is 136 cm³/mol. The quantitative estimate of drug-likeness (QED) is 0.255. The third-order valence-electron chi connectivity index (χ3n) is 5.33. The van der Waals surface area contributed by atoms with Crippen LogP contribution >= 0.6 is 24.0 Å². The van der Waals surface area contributed by atoms with Crippen molar-refractivity contribution in [1.29, 1.82) is 0 Å². The second kappa shape index (κ2) is 13.8. The highest BCUT2D eigenvalue weighted by Crippen LogP contribution is 2.16. The SMILES string of the molecule is CN=C(NCc1ccc(COCC(F)(F)F)cc1)NCc1ccc(CN2CCCC2)cc1.I. The van der Waals surface area contributed by atoms with Crippen LogP contribution in [0.25, 0.3) is 0 Å². The van der Waals surface area contributed by atoms with Crippen LogP contribution in [-0.4, -0.2) is 43.8 Å². The van der Waals surface area contributed by atoms with Crippen molar-refractivity contribution in [3.63, 3.8) is 0 Å². The smallest absolute Gasteiger partial charge is 0.367 e. The number of rotatable bonds is 9. The maximum absolute atomic E-state index is 12.1. The number of aliphatic imine (C=N–C) groups is 1. The molecule has 0 amide bonds. The van der Waals surface area contributed by atoms with Crippen molar-refractivity contribution in [2.45, 2.75) is 45.3 Å². The number of likely N-dealkylation sites (tertiary alicyclic amines) is 1. The fourth-order valence-electron chi connectivity index (χ4n) is 3.59. The molecule has 0 unspecified atom stereocenters. The minimum atomic E-state index is -4.30. The first-order valence-corrected chi connectivity index (χ1v) is 10.9. The minimum Gasteiger partial charge on any atom is -0.367 e. The number of nitrogens with zero attached hydrogens (tertiary/aromatic N) is 2. The van der Waals surface area contributed by atoms with Crippen molar-refractivity contribution in [2.24, 2.45) is 4.99 Å². The number of alkyl halides is 3. The molecule has 1 aliphatic rings. The van der Waals surface area contributed by atoms with E-state index in [2.05, 4.69) is 49.5 Å². The van der Waals surface area contributed by atoms with E-state index >= 15 is 0 Å². The first-order valence-electron chi connectivity index (χ1n) is 10.9. The van der Waals surface area contributed by atoms with E-state index in [1.807, 2.05) is 12.1 Å². The molecule has 0 bridgehead atoms. The Kier molecular flexibility index (Phi) is 11.4. The molecule has 5 nitrogen and oxygen atoms in total. The van der Waals surface area contributed by atoms with Gasteiger partial charge in [0.1, 0.15) is 6.61 Å². The Morgan fingerprint density at radius 1 is 0.879 bits per heavy atom. The van der Waals surface area contributed by atoms with Crippen LogP contribution < -0.4 is 10.6 Å². The minimum absolute atomic E-state index is 0. The monoisotopic (exact) mass is 576 g/mol. The molecule has 0 radical (unpaired) electrons. The van der Waals surface area contributed by atoms with Crippen molar-refractivity contribution in [1.82, 2.24) is 15.5 Å². The van der Waals surface area contributed by atoms with E-state index in [4.69, 9.17) is 0 Å². The van der Waals surface area contributed by atoms with E-state index in [9.17, 15) is 13.2 Å². The Labute approximate surface area is 210 Å². The summed E-state index contributed by atoms with van der Waals surface area (Å²) in [6, 6.07) is 15.9. The Hall–Kier alpha value is -1.85. The summed E-state index contributed by atoms with van der Waals surface area (Å²) >= 11 is 0. The van der Waals surface area contributed by atoms with Gasteiger partial charge in [-0.1, -0.05) is 48.5 Å². The van der Waals surface area contributed by atoms with Crippen LogP contribution in [0.2, 0.25) is 0 Å². The van der Waals surface area contributed by atoms with E-state index in [1.54, 1.807) is 19.2 Å². The Morgan fingerprint density at radius 2 is 1.36 bits per heavy atom. The van der Waals surface area contributed by atoms with Gasteiger partial charge >= 0.3 is 6.18 Å². The Bertz CT molecular complexity index is 852. The van der Waals surface area contributed by atoms with Crippen LogP contribution in [0.4, 0.5) is 13.2 Å². The van der Waals surface area contributed by atoms with Gasteiger partial charge in [0, 0.05) is 26.7 Å². The Morgan fingerprint density at radius 3 is 1.85 bits per heavy atom. The second-order valence-electron chi connectivity index (χ2n) is 8.00. The third kappa shape index (κ3) is 10.3. The summed E-state index contributed by atoms with van der Waals surface area (Å²) in [6.07, 6.45) is -1.70. The van der Waals surface area contributed by atoms with Gasteiger partial charge in [0.25, 0.3) is 0 Å². The molecule has 2 N–H and O–H groups in total. The van der Waals surface area contributed by atoms with Crippen LogP contribution in [-0.2, 0) is 31.0 Å². The number of nitrogens with one attached hydrogen (secondary N) is 2. The lowest BCUT2D eigenvalue weighted by Crippen LogP contribution is -2.36. The molecule has 0 saturated carbocycles. The highest BCUT2D eigenvalue weighted by atomic mass is 127. The molecule has 3 rings (SSSR count). The second-order valence-corrected chi connectivity index (χ2v) is 8.00. The summed E-state index contributed by atoms with van der Waals surface area (Å²) in [5.41, 5.74) is 4.22. The molecule has 0 aliphatic carbocycles. The maximum atomic E-state index is 12.1. The van der Waals surface area contributed by atoms with Crippen LogP contribution in [0, 0.1) is 0 Å². The Balaban J connectivity index is 0.00000385. The van der Waals surface area contributed by atoms with E-state index in [1.165, 1.54) is 37.1 Å². The van der Waals surface area contributed by atoms with Crippen molar-refractivity contribution in [3.05, 3.63) is 70.8 Å². The zero-order valence-electron chi connectivity index (χ0n) is 18.8. The molecule has 2 aromatic rings. The first kappa shape index (κ1) is 27.4. The fourth-order valence-corrected chi connectivity index (χ4v) is 3.59. The van der Waals surface area contributed by atoms with Gasteiger partial charge in [0.15, 0.2) is 5.96 Å². The van der Waals surface area contributed by atoms with E-state index < -0.39 is 12.8 Å². The van der Waals surface area contributed by atoms with Gasteiger partial charge in [0.2, 0.25) is 0 Å². The lowest BCUT2D eigenvalue weighted by molar-refractivity contribution is -0.176. The van der Waals surface area contributed by atoms with Crippen molar-refractivity contribution >= 4 is 29.9 Å². The lowest BCUT2D eigenvalue weighted by atomic mass is 10.1. The molecule has 182 valence electrons. The summed E-state index contributed by atoms with van der Waals surface area (Å²) in [4.78, 5) is 6.73. The number of guanidine groups is 1. The topological polar surface area (TPSA) is 48.9 Å². The number of hydrogen-bond donors (Lipinski definition) is 2. The average Bonchev–Trinajstić information content (AvgIpc) is 3.28. The summed E-state index contributed by atoms with van der Waals surface area (Å²) in [6.45, 7) is 3.33. The molecular formula is C24H32F3IN4O. The number of hydrogen-bond acceptors (Lipinski definition) is 3. The van der Waals surface area contributed by atoms with Crippen LogP contribution in [0.15, 0.2) is 53.5 Å². The standard InChI is InChI=1S/C24H31F3N4O.HI/c1-28-23(29-14-19-4-8-21(9-5-19)16-31-12-2-3-13-31)30-15-20-6-10-22(11-7-20)17-32-18-24(25,26)27;/h4-11H,2-3,12-18H2,1H3,(H2,28,29,30);1H. The number of benzene rings is 2. The van der Waals surface area contributed by atoms with Gasteiger partial charge in [-0.3, -0.25) is 9.89 Å². The largest absolute Gasteiger partial charge is 0.411 e. The van der Waals surface area contributed by atoms with Gasteiger partial charge in [-0.25, -0.2) is 0 Å². The van der Waals surface area contributed by atoms with Gasteiger partial charge in [-0.2, -0.15) is 13.2 Å². The van der Waals surface area contributed by atoms with E-state index in [0.717, 1.165) is 12.1 Å². The highest BCUT2D eigenvalue weighted by Gasteiger charge is 2.27. The summed E-state index contributed by atoms with van der Waals surface area (Å²) < 4.78 is 41.1. The molecule has 0 aromatic heterocycles. The molecule has 33 heavy (non-hydrogen) atoms. The van der Waals surface area contributed by atoms with Crippen LogP contribution in [0.3, 0.4) is 0 Å². The summed E-state index contributed by atoms with van der Waals surface area (Å²) in [7, 11) is 1.72. The summed E-state index contributed by atoms with van der Waals surface area (Å²) in [5, 5.41) is 6.55. The van der Waals surface area contributed by atoms with Crippen molar-refractivity contribution in [3.8, 4) is 0 Å². The third-order valence-corrected chi connectivity index (χ3v) is 5.33. The molecule has 1 saturated heterocycles. The molecule has 9 heteroatoms. The average molecular weight is 576 g/mol. The predicted octanol–water partition coefficient (Wildman–Crippen LogP) is 4.84. The first-order chi connectivity index (χ1) is 15.4. The van der Waals surface area contributed by atoms with Gasteiger partial charge in [-0.15, -0.1) is 24.0 Å². The van der Waals surface area contributed by atoms with Gasteiger partial charge in [-0.05, 0) is 48.2 Å². The lowest BCUT2D eigenvalue weighted by Gasteiger charge is -2.15. The van der Waals surface area contributed by atoms with Gasteiger partial charge < -0.3 is 15.4 Å². The zero-order valence-corrected chi connectivity index (χ0v) is 21.2. The van der Waals surface area contributed by atoms with Crippen molar-refractivity contribution < 1.29 is 17.9 Å². The highest BCUT2D eigenvalue weighted by molar-refractivity contribution is 14.0. The van der Waals surface area contributed by atoms with E-state index in [0.29, 0.717) is 24.6 Å². The molecule has 1 heterocycles. The molecule has 1 aliphatic heterocycles. The molecule has 0 atom stereocenters.